The van der Waals surface area contributed by atoms with Crippen molar-refractivity contribution < 1.29 is 4.79 Å². The van der Waals surface area contributed by atoms with Crippen LogP contribution in [0.2, 0.25) is 0 Å². The predicted octanol–water partition coefficient (Wildman–Crippen LogP) is 1.94. The van der Waals surface area contributed by atoms with Crippen LogP contribution in [0.3, 0.4) is 0 Å². The smallest absolute Gasteiger partial charge is 0.234 e. The number of benzene rings is 1. The Morgan fingerprint density at radius 1 is 1.50 bits per heavy atom. The maximum Gasteiger partial charge on any atom is 0.234 e. The number of thiol groups is 1. The molecule has 2 N–H and O–H groups in total. The van der Waals surface area contributed by atoms with E-state index in [0.717, 1.165) is 10.5 Å². The second-order valence-corrected chi connectivity index (χ2v) is 4.05. The van der Waals surface area contributed by atoms with Crippen molar-refractivity contribution in [1.29, 1.82) is 0 Å². The highest BCUT2D eigenvalue weighted by Crippen LogP contribution is 2.27. The van der Waals surface area contributed by atoms with Crippen LogP contribution in [0.25, 0.3) is 0 Å². The van der Waals surface area contributed by atoms with Crippen molar-refractivity contribution in [1.82, 2.24) is 0 Å². The zero-order valence-electron chi connectivity index (χ0n) is 6.20. The summed E-state index contributed by atoms with van der Waals surface area (Å²) in [6.45, 7) is 0. The van der Waals surface area contributed by atoms with E-state index in [1.165, 1.54) is 0 Å². The first kappa shape index (κ1) is 9.85. The summed E-state index contributed by atoms with van der Waals surface area (Å²) in [4.78, 5) is 11.6. The molecule has 1 aromatic rings. The van der Waals surface area contributed by atoms with E-state index in [9.17, 15) is 4.79 Å². The Morgan fingerprint density at radius 3 is 2.58 bits per heavy atom. The van der Waals surface area contributed by atoms with Gasteiger partial charge < -0.3 is 5.73 Å². The molecule has 1 aromatic carbocycles. The van der Waals surface area contributed by atoms with Gasteiger partial charge in [0.25, 0.3) is 0 Å². The number of hydrogen-bond acceptors (Lipinski definition) is 2. The lowest BCUT2D eigenvalue weighted by molar-refractivity contribution is -0.117. The molecule has 0 bridgehead atoms. The highest BCUT2D eigenvalue weighted by molar-refractivity contribution is 14.1. The Kier molecular flexibility index (Phi) is 3.39. The Hall–Kier alpha value is -0.230. The highest BCUT2D eigenvalue weighted by Gasteiger charge is 2.14. The van der Waals surface area contributed by atoms with Gasteiger partial charge in [-0.15, -0.1) is 12.6 Å². The van der Waals surface area contributed by atoms with Crippen LogP contribution in [0, 0.1) is 0 Å². The van der Waals surface area contributed by atoms with Crippen LogP contribution in [0.4, 0.5) is 0 Å². The molecule has 0 fully saturated rings. The monoisotopic (exact) mass is 293 g/mol. The van der Waals surface area contributed by atoms with E-state index in [1.807, 2.05) is 46.9 Å². The molecule has 1 amide bonds. The van der Waals surface area contributed by atoms with Gasteiger partial charge in [-0.2, -0.15) is 0 Å². The van der Waals surface area contributed by atoms with E-state index in [0.29, 0.717) is 0 Å². The van der Waals surface area contributed by atoms with Crippen molar-refractivity contribution in [3.63, 3.8) is 0 Å². The van der Waals surface area contributed by atoms with E-state index in [2.05, 4.69) is 12.6 Å². The van der Waals surface area contributed by atoms with Gasteiger partial charge >= 0.3 is 0 Å². The molecule has 64 valence electrons. The van der Waals surface area contributed by atoms with Gasteiger partial charge in [0, 0.05) is 4.90 Å². The predicted molar refractivity (Wildman–Crippen MR) is 59.6 cm³/mol. The zero-order valence-corrected chi connectivity index (χ0v) is 9.25. The Morgan fingerprint density at radius 2 is 2.08 bits per heavy atom. The number of primary amides is 1. The number of rotatable bonds is 2. The topological polar surface area (TPSA) is 43.1 Å². The molecule has 1 unspecified atom stereocenters. The fraction of sp³-hybridized carbons (Fsp3) is 0.125. The molecule has 12 heavy (non-hydrogen) atoms. The average molecular weight is 293 g/mol. The van der Waals surface area contributed by atoms with Crippen molar-refractivity contribution in [3.05, 3.63) is 29.8 Å². The molecule has 0 heterocycles. The second-order valence-electron chi connectivity index (χ2n) is 2.32. The minimum absolute atomic E-state index is 0.295. The third-order valence-electron chi connectivity index (χ3n) is 1.46. The average Bonchev–Trinajstić information content (AvgIpc) is 2.04. The lowest BCUT2D eigenvalue weighted by Gasteiger charge is -2.07. The summed E-state index contributed by atoms with van der Waals surface area (Å²) in [5, 5.41) is 0. The van der Waals surface area contributed by atoms with E-state index < -0.39 is 0 Å². The molecule has 0 aliphatic rings. The Bertz CT molecular complexity index is 303. The van der Waals surface area contributed by atoms with Gasteiger partial charge in [0.1, 0.15) is 3.92 Å². The molecule has 0 saturated carbocycles. The van der Waals surface area contributed by atoms with Crippen LogP contribution in [0.15, 0.2) is 29.2 Å². The lowest BCUT2D eigenvalue weighted by atomic mass is 10.1. The molecule has 0 saturated heterocycles. The summed E-state index contributed by atoms with van der Waals surface area (Å²) >= 11 is 6.22. The van der Waals surface area contributed by atoms with Crippen LogP contribution in [0.1, 0.15) is 9.49 Å². The molecule has 0 radical (unpaired) electrons. The van der Waals surface area contributed by atoms with E-state index in [-0.39, 0.29) is 9.83 Å². The minimum Gasteiger partial charge on any atom is -0.368 e. The maximum absolute atomic E-state index is 10.8. The molecule has 0 aliphatic heterocycles. The fourth-order valence-corrected chi connectivity index (χ4v) is 1.93. The third-order valence-corrected chi connectivity index (χ3v) is 3.15. The largest absolute Gasteiger partial charge is 0.368 e. The van der Waals surface area contributed by atoms with Gasteiger partial charge in [-0.3, -0.25) is 4.79 Å². The standard InChI is InChI=1S/C8H8INOS/c9-7(8(10)11)5-3-1-2-4-6(5)12/h1-4,7,12H,(H2,10,11). The number of hydrogen-bond donors (Lipinski definition) is 2. The van der Waals surface area contributed by atoms with Gasteiger partial charge in [0.15, 0.2) is 0 Å². The molecular formula is C8H8INOS. The summed E-state index contributed by atoms with van der Waals surface area (Å²) < 4.78 is -0.295. The SMILES string of the molecule is NC(=O)C(I)c1ccccc1S. The van der Waals surface area contributed by atoms with Crippen molar-refractivity contribution in [2.45, 2.75) is 8.82 Å². The number of halogens is 1. The van der Waals surface area contributed by atoms with Crippen molar-refractivity contribution in [2.24, 2.45) is 5.73 Å². The van der Waals surface area contributed by atoms with Gasteiger partial charge in [-0.25, -0.2) is 0 Å². The number of amides is 1. The van der Waals surface area contributed by atoms with Crippen molar-refractivity contribution in [2.75, 3.05) is 0 Å². The first-order chi connectivity index (χ1) is 5.63. The van der Waals surface area contributed by atoms with Crippen molar-refractivity contribution in [3.8, 4) is 0 Å². The molecule has 0 aliphatic carbocycles. The van der Waals surface area contributed by atoms with Crippen LogP contribution >= 0.6 is 35.2 Å². The van der Waals surface area contributed by atoms with Gasteiger partial charge in [0.05, 0.1) is 0 Å². The lowest BCUT2D eigenvalue weighted by Crippen LogP contribution is -2.16. The summed E-state index contributed by atoms with van der Waals surface area (Å²) in [5.41, 5.74) is 6.03. The molecule has 0 spiro atoms. The van der Waals surface area contributed by atoms with Crippen LogP contribution in [0.5, 0.6) is 0 Å². The highest BCUT2D eigenvalue weighted by atomic mass is 127. The van der Waals surface area contributed by atoms with E-state index >= 15 is 0 Å². The molecule has 2 nitrogen and oxygen atoms in total. The molecule has 1 atom stereocenters. The van der Waals surface area contributed by atoms with Gasteiger partial charge in [0.2, 0.25) is 5.91 Å². The molecule has 0 aromatic heterocycles. The molecular weight excluding hydrogens is 285 g/mol. The summed E-state index contributed by atoms with van der Waals surface area (Å²) in [6.07, 6.45) is 0. The van der Waals surface area contributed by atoms with Crippen LogP contribution in [-0.4, -0.2) is 5.91 Å². The van der Waals surface area contributed by atoms with Gasteiger partial charge in [-0.1, -0.05) is 40.8 Å². The quantitative estimate of drug-likeness (QED) is 0.488. The van der Waals surface area contributed by atoms with E-state index in [1.54, 1.807) is 0 Å². The van der Waals surface area contributed by atoms with E-state index in [4.69, 9.17) is 5.73 Å². The number of alkyl halides is 1. The van der Waals surface area contributed by atoms with Gasteiger partial charge in [-0.05, 0) is 11.6 Å². The molecule has 1 rings (SSSR count). The first-order valence-electron chi connectivity index (χ1n) is 3.34. The van der Waals surface area contributed by atoms with Crippen LogP contribution < -0.4 is 5.73 Å². The normalized spacial score (nSPS) is 12.5. The Labute approximate surface area is 90.1 Å². The number of carbonyl (C=O) groups excluding carboxylic acids is 1. The fourth-order valence-electron chi connectivity index (χ4n) is 0.855. The third kappa shape index (κ3) is 2.13. The second kappa shape index (κ2) is 4.13. The first-order valence-corrected chi connectivity index (χ1v) is 5.03. The summed E-state index contributed by atoms with van der Waals surface area (Å²) in [7, 11) is 0. The minimum atomic E-state index is -0.336. The summed E-state index contributed by atoms with van der Waals surface area (Å²) in [5.74, 6) is -0.336. The number of nitrogens with two attached hydrogens (primary N) is 1. The number of carbonyl (C=O) groups is 1. The summed E-state index contributed by atoms with van der Waals surface area (Å²) in [6, 6.07) is 7.43. The van der Waals surface area contributed by atoms with Crippen molar-refractivity contribution >= 4 is 41.1 Å². The van der Waals surface area contributed by atoms with Crippen LogP contribution in [-0.2, 0) is 4.79 Å². The maximum atomic E-state index is 10.8. The zero-order chi connectivity index (χ0) is 9.14. The molecule has 4 heteroatoms. The Balaban J connectivity index is 3.02.